The third-order valence-electron chi connectivity index (χ3n) is 20.0. The average molecular weight is 1090 g/mol. The Morgan fingerprint density at radius 3 is 1.53 bits per heavy atom. The number of hydrogen-bond acceptors (Lipinski definition) is 4. The van der Waals surface area contributed by atoms with Gasteiger partial charge in [0.1, 0.15) is 0 Å². The first kappa shape index (κ1) is 52.8. The Morgan fingerprint density at radius 2 is 1.00 bits per heavy atom. The van der Waals surface area contributed by atoms with Gasteiger partial charge in [0.05, 0.1) is 44.8 Å². The van der Waals surface area contributed by atoms with Crippen molar-refractivity contribution < 1.29 is 0 Å². The number of fused-ring (bicyclic) bond motifs is 6. The summed E-state index contributed by atoms with van der Waals surface area (Å²) < 4.78 is 4.76. The van der Waals surface area contributed by atoms with Gasteiger partial charge in [-0.3, -0.25) is 0 Å². The van der Waals surface area contributed by atoms with Crippen LogP contribution in [0.4, 0.5) is 22.7 Å². The number of rotatable bonds is 14. The zero-order chi connectivity index (χ0) is 56.2. The summed E-state index contributed by atoms with van der Waals surface area (Å²) in [6.45, 7) is 14.5. The molecule has 5 unspecified atom stereocenters. The number of nitrogens with zero attached hydrogens (tertiary/aromatic N) is 6. The van der Waals surface area contributed by atoms with E-state index < -0.39 is 0 Å². The van der Waals surface area contributed by atoms with Crippen LogP contribution < -0.4 is 10.0 Å². The Balaban J connectivity index is 1.09. The van der Waals surface area contributed by atoms with Crippen LogP contribution in [0.15, 0.2) is 219 Å². The number of para-hydroxylation sites is 6. The van der Waals surface area contributed by atoms with Gasteiger partial charge >= 0.3 is 0 Å². The van der Waals surface area contributed by atoms with Crippen LogP contribution in [0.2, 0.25) is 0 Å². The van der Waals surface area contributed by atoms with Crippen molar-refractivity contribution in [2.24, 2.45) is 41.4 Å². The molecular formula is C77H78N6. The van der Waals surface area contributed by atoms with Crippen LogP contribution in [0, 0.1) is 41.4 Å². The zero-order valence-electron chi connectivity index (χ0n) is 48.9. The lowest BCUT2D eigenvalue weighted by Gasteiger charge is -2.37. The maximum atomic E-state index is 5.45. The number of imidazole rings is 2. The van der Waals surface area contributed by atoms with E-state index in [1.807, 2.05) is 0 Å². The highest BCUT2D eigenvalue weighted by molar-refractivity contribution is 6.09. The van der Waals surface area contributed by atoms with Crippen molar-refractivity contribution in [3.8, 4) is 22.8 Å². The van der Waals surface area contributed by atoms with E-state index in [9.17, 15) is 0 Å². The minimum Gasteiger partial charge on any atom is -0.248 e. The number of allylic oxidation sites excluding steroid dienone is 1. The van der Waals surface area contributed by atoms with Gasteiger partial charge in [-0.2, -0.15) is 0 Å². The molecule has 3 aliphatic carbocycles. The molecule has 0 saturated heterocycles. The Hall–Kier alpha value is -8.22. The van der Waals surface area contributed by atoms with E-state index in [0.717, 1.165) is 105 Å². The summed E-state index contributed by atoms with van der Waals surface area (Å²) in [5.41, 5.74) is 13.5. The van der Waals surface area contributed by atoms with E-state index >= 15 is 0 Å². The van der Waals surface area contributed by atoms with E-state index in [0.29, 0.717) is 29.6 Å². The van der Waals surface area contributed by atoms with Crippen molar-refractivity contribution in [2.45, 2.75) is 104 Å². The fourth-order valence-electron chi connectivity index (χ4n) is 16.2. The predicted molar refractivity (Wildman–Crippen MR) is 349 cm³/mol. The minimum absolute atomic E-state index is 0.106. The van der Waals surface area contributed by atoms with E-state index in [2.05, 4.69) is 266 Å². The first-order valence-electron chi connectivity index (χ1n) is 31.1. The normalized spacial score (nSPS) is 22.7. The third kappa shape index (κ3) is 9.72. The quantitative estimate of drug-likeness (QED) is 0.0618. The van der Waals surface area contributed by atoms with E-state index in [1.165, 1.54) is 77.6 Å². The van der Waals surface area contributed by atoms with Gasteiger partial charge in [-0.25, -0.2) is 29.3 Å². The molecule has 83 heavy (non-hydrogen) atoms. The summed E-state index contributed by atoms with van der Waals surface area (Å²) in [7, 11) is 0. The highest BCUT2D eigenvalue weighted by Crippen LogP contribution is 2.55. The number of anilines is 4. The predicted octanol–water partition coefficient (Wildman–Crippen LogP) is 20.5. The molecule has 2 bridgehead atoms. The Morgan fingerprint density at radius 1 is 0.506 bits per heavy atom. The van der Waals surface area contributed by atoms with Crippen LogP contribution in [0.1, 0.15) is 103 Å². The lowest BCUT2D eigenvalue weighted by atomic mass is 9.67. The number of hydrogen-bond donors (Lipinski definition) is 0. The molecule has 0 amide bonds. The van der Waals surface area contributed by atoms with Crippen molar-refractivity contribution in [1.29, 1.82) is 0 Å². The maximum Gasteiger partial charge on any atom is 0.160 e. The second-order valence-electron chi connectivity index (χ2n) is 25.6. The topological polar surface area (TPSA) is 42.1 Å². The fourth-order valence-corrected chi connectivity index (χ4v) is 16.2. The van der Waals surface area contributed by atoms with Crippen molar-refractivity contribution >= 4 is 66.4 Å². The Kier molecular flexibility index (Phi) is 14.1. The van der Waals surface area contributed by atoms with Crippen LogP contribution in [0.5, 0.6) is 0 Å². The lowest BCUT2D eigenvalue weighted by Crippen LogP contribution is -2.28. The van der Waals surface area contributed by atoms with Crippen LogP contribution >= 0.6 is 0 Å². The standard InChI is InChI=1S/C77H78N6/c1-6-7-24-55-39-37-53(3)50-77(5,51-55)74-64-43-41-62(80(60-29-16-10-17-30-60)82-72-35-22-20-33-70(72)78-75(82)56-25-12-8-13-26-56)47-67(64)69(49-66-54(4)59-45-52(2)38-40-58(66)46-59)68-48-63(42-44-65(68)74)81(61-31-18-11-19-32-61)83-73-36-23-21-34-71(73)79-76(83)57-27-14-9-15-28-57/h6,8-23,25-36,41-44,47-48,52-55,58-59,66H,1,7,24,37-40,45-46,49-51H2,2-5H3/t52?,53?,54?,55-,58-,59?,66-,77?/m0/s1. The first-order chi connectivity index (χ1) is 40.7. The zero-order valence-corrected chi connectivity index (χ0v) is 48.9. The molecule has 3 aliphatic rings. The van der Waals surface area contributed by atoms with Gasteiger partial charge in [-0.1, -0.05) is 186 Å². The maximum absolute atomic E-state index is 5.45. The number of benzene rings is 9. The van der Waals surface area contributed by atoms with Gasteiger partial charge < -0.3 is 0 Å². The summed E-state index contributed by atoms with van der Waals surface area (Å²) in [4.78, 5) is 10.9. The van der Waals surface area contributed by atoms with Gasteiger partial charge in [-0.05, 0) is 204 Å². The molecule has 3 fully saturated rings. The highest BCUT2D eigenvalue weighted by atomic mass is 15.6. The molecule has 0 N–H and O–H groups in total. The van der Waals surface area contributed by atoms with E-state index in [-0.39, 0.29) is 5.41 Å². The van der Waals surface area contributed by atoms with Crippen LogP contribution in [0.3, 0.4) is 0 Å². The van der Waals surface area contributed by atoms with Gasteiger partial charge in [0.25, 0.3) is 0 Å². The molecule has 11 aromatic rings. The lowest BCUT2D eigenvalue weighted by molar-refractivity contribution is 0.237. The summed E-state index contributed by atoms with van der Waals surface area (Å²) in [6.07, 6.45) is 15.5. The van der Waals surface area contributed by atoms with Gasteiger partial charge in [0.15, 0.2) is 11.6 Å². The van der Waals surface area contributed by atoms with Crippen molar-refractivity contribution in [1.82, 2.24) is 19.3 Å². The van der Waals surface area contributed by atoms with Gasteiger partial charge in [0.2, 0.25) is 0 Å². The number of aromatic nitrogens is 4. The first-order valence-corrected chi connectivity index (χ1v) is 31.1. The molecule has 0 aliphatic heterocycles. The molecule has 6 heteroatoms. The highest BCUT2D eigenvalue weighted by Gasteiger charge is 2.44. The molecule has 2 heterocycles. The van der Waals surface area contributed by atoms with Crippen LogP contribution in [-0.2, 0) is 11.8 Å². The second kappa shape index (κ2) is 22.2. The monoisotopic (exact) mass is 1090 g/mol. The summed E-state index contributed by atoms with van der Waals surface area (Å²) in [5.74, 6) is 6.43. The molecule has 2 aromatic heterocycles. The van der Waals surface area contributed by atoms with E-state index in [4.69, 9.17) is 9.97 Å². The summed E-state index contributed by atoms with van der Waals surface area (Å²) >= 11 is 0. The third-order valence-corrected chi connectivity index (χ3v) is 20.0. The van der Waals surface area contributed by atoms with E-state index in [1.54, 1.807) is 0 Å². The average Bonchev–Trinajstić information content (AvgIpc) is 3.49. The Labute approximate surface area is 491 Å². The van der Waals surface area contributed by atoms with Crippen molar-refractivity contribution in [3.63, 3.8) is 0 Å². The van der Waals surface area contributed by atoms with Gasteiger partial charge in [0, 0.05) is 11.1 Å². The van der Waals surface area contributed by atoms with Crippen LogP contribution in [0.25, 0.3) is 66.4 Å². The molecule has 416 valence electrons. The van der Waals surface area contributed by atoms with Crippen molar-refractivity contribution in [3.05, 3.63) is 230 Å². The molecule has 8 atom stereocenters. The van der Waals surface area contributed by atoms with Crippen LogP contribution in [-0.4, -0.2) is 19.3 Å². The molecular weight excluding hydrogens is 1010 g/mol. The summed E-state index contributed by atoms with van der Waals surface area (Å²) in [5, 5.41) is 10.5. The summed E-state index contributed by atoms with van der Waals surface area (Å²) in [6, 6.07) is 76.0. The minimum atomic E-state index is -0.106. The molecule has 0 radical (unpaired) electrons. The molecule has 3 saturated carbocycles. The largest absolute Gasteiger partial charge is 0.248 e. The fraction of sp³-hybridized carbons (Fsp3) is 0.299. The Bertz CT molecular complexity index is 3890. The smallest absolute Gasteiger partial charge is 0.160 e. The SMILES string of the molecule is C=CCC[C@H]1CCC(C)CC(C)(c2c3ccc(N(c4ccccc4)n4c(-c5ccccc5)nc5ccccc54)cc3c(C[C@H]3C(C)C4CC(C)CC[C@H]3C4)c3cc(N(c4ccccc4)n4c(-c5ccccc5)nc5ccccc54)ccc23)C1. The second-order valence-corrected chi connectivity index (χ2v) is 25.6. The van der Waals surface area contributed by atoms with Gasteiger partial charge in [-0.15, -0.1) is 6.58 Å². The molecule has 6 nitrogen and oxygen atoms in total. The molecule has 9 aromatic carbocycles. The molecule has 14 rings (SSSR count). The molecule has 0 spiro atoms. The van der Waals surface area contributed by atoms with Crippen molar-refractivity contribution in [2.75, 3.05) is 10.0 Å².